The van der Waals surface area contributed by atoms with E-state index in [0.717, 1.165) is 19.1 Å². The predicted octanol–water partition coefficient (Wildman–Crippen LogP) is 2.08. The van der Waals surface area contributed by atoms with E-state index < -0.39 is 0 Å². The maximum Gasteiger partial charge on any atom is 0.0234 e. The van der Waals surface area contributed by atoms with Crippen LogP contribution < -0.4 is 5.32 Å². The van der Waals surface area contributed by atoms with Crippen LogP contribution >= 0.6 is 0 Å². The third kappa shape index (κ3) is 4.05. The molecule has 1 aromatic carbocycles. The number of likely N-dealkylation sites (N-methyl/N-ethyl adjacent to an activating group) is 1. The van der Waals surface area contributed by atoms with E-state index >= 15 is 0 Å². The molecule has 3 rings (SSSR count). The second kappa shape index (κ2) is 6.70. The maximum atomic E-state index is 3.57. The van der Waals surface area contributed by atoms with E-state index in [9.17, 15) is 0 Å². The van der Waals surface area contributed by atoms with E-state index in [1.165, 1.54) is 56.7 Å². The van der Waals surface area contributed by atoms with Crippen LogP contribution in [-0.2, 0) is 13.1 Å². The third-order valence-corrected chi connectivity index (χ3v) is 4.51. The number of benzene rings is 1. The van der Waals surface area contributed by atoms with E-state index in [4.69, 9.17) is 0 Å². The number of piperazine rings is 1. The summed E-state index contributed by atoms with van der Waals surface area (Å²) in [6.45, 7) is 10.4. The van der Waals surface area contributed by atoms with Crippen molar-refractivity contribution in [3.05, 3.63) is 35.4 Å². The molecule has 1 heterocycles. The number of hydrogen-bond acceptors (Lipinski definition) is 3. The summed E-state index contributed by atoms with van der Waals surface area (Å²) in [7, 11) is 0. The first kappa shape index (κ1) is 14.1. The van der Waals surface area contributed by atoms with Crippen molar-refractivity contribution in [2.24, 2.45) is 0 Å². The predicted molar refractivity (Wildman–Crippen MR) is 83.7 cm³/mol. The third-order valence-electron chi connectivity index (χ3n) is 4.51. The molecule has 0 radical (unpaired) electrons. The molecule has 3 nitrogen and oxygen atoms in total. The van der Waals surface area contributed by atoms with Gasteiger partial charge in [-0.25, -0.2) is 0 Å². The molecule has 110 valence electrons. The molecule has 2 aliphatic rings. The van der Waals surface area contributed by atoms with Crippen LogP contribution in [0, 0.1) is 0 Å². The monoisotopic (exact) mass is 273 g/mol. The fourth-order valence-corrected chi connectivity index (χ4v) is 2.83. The molecule has 1 N–H and O–H groups in total. The Kier molecular flexibility index (Phi) is 4.71. The summed E-state index contributed by atoms with van der Waals surface area (Å²) in [5, 5.41) is 3.57. The summed E-state index contributed by atoms with van der Waals surface area (Å²) in [6.07, 6.45) is 2.73. The van der Waals surface area contributed by atoms with Crippen LogP contribution in [0.15, 0.2) is 24.3 Å². The molecule has 20 heavy (non-hydrogen) atoms. The summed E-state index contributed by atoms with van der Waals surface area (Å²) in [5.41, 5.74) is 2.86. The van der Waals surface area contributed by atoms with Crippen LogP contribution in [0.1, 0.15) is 30.9 Å². The van der Waals surface area contributed by atoms with Gasteiger partial charge in [-0.05, 0) is 30.5 Å². The van der Waals surface area contributed by atoms with Gasteiger partial charge in [-0.1, -0.05) is 31.2 Å². The Morgan fingerprint density at radius 3 is 2.15 bits per heavy atom. The summed E-state index contributed by atoms with van der Waals surface area (Å²) >= 11 is 0. The highest BCUT2D eigenvalue weighted by Gasteiger charge is 2.20. The van der Waals surface area contributed by atoms with Crippen molar-refractivity contribution in [2.75, 3.05) is 32.7 Å². The zero-order valence-electron chi connectivity index (χ0n) is 12.6. The van der Waals surface area contributed by atoms with E-state index in [2.05, 4.69) is 46.3 Å². The van der Waals surface area contributed by atoms with Crippen molar-refractivity contribution in [3.8, 4) is 0 Å². The van der Waals surface area contributed by atoms with Gasteiger partial charge in [-0.15, -0.1) is 0 Å². The summed E-state index contributed by atoms with van der Waals surface area (Å²) in [6, 6.07) is 9.97. The topological polar surface area (TPSA) is 18.5 Å². The summed E-state index contributed by atoms with van der Waals surface area (Å²) < 4.78 is 0. The van der Waals surface area contributed by atoms with Crippen molar-refractivity contribution in [3.63, 3.8) is 0 Å². The Hall–Kier alpha value is -0.900. The first-order valence-corrected chi connectivity index (χ1v) is 8.09. The average Bonchev–Trinajstić information content (AvgIpc) is 3.32. The molecule has 1 aliphatic carbocycles. The molecule has 1 saturated carbocycles. The van der Waals surface area contributed by atoms with Gasteiger partial charge in [0, 0.05) is 45.3 Å². The Balaban J connectivity index is 1.45. The van der Waals surface area contributed by atoms with Crippen molar-refractivity contribution in [1.82, 2.24) is 15.1 Å². The highest BCUT2D eigenvalue weighted by molar-refractivity contribution is 5.22. The lowest BCUT2D eigenvalue weighted by atomic mass is 10.1. The minimum Gasteiger partial charge on any atom is -0.310 e. The standard InChI is InChI=1S/C17H27N3/c1-2-19-9-11-20(12-10-19)14-16-5-3-15(4-6-16)13-18-17-7-8-17/h3-6,17-18H,2,7-14H2,1H3. The molecule has 1 aromatic rings. The van der Waals surface area contributed by atoms with Gasteiger partial charge in [-0.3, -0.25) is 4.90 Å². The summed E-state index contributed by atoms with van der Waals surface area (Å²) in [5.74, 6) is 0. The van der Waals surface area contributed by atoms with Gasteiger partial charge in [0.1, 0.15) is 0 Å². The van der Waals surface area contributed by atoms with Crippen LogP contribution in [-0.4, -0.2) is 48.6 Å². The van der Waals surface area contributed by atoms with Crippen molar-refractivity contribution < 1.29 is 0 Å². The molecule has 2 fully saturated rings. The van der Waals surface area contributed by atoms with Gasteiger partial charge >= 0.3 is 0 Å². The quantitative estimate of drug-likeness (QED) is 0.856. The smallest absolute Gasteiger partial charge is 0.0234 e. The number of nitrogens with zero attached hydrogens (tertiary/aromatic N) is 2. The van der Waals surface area contributed by atoms with Gasteiger partial charge in [0.15, 0.2) is 0 Å². The van der Waals surface area contributed by atoms with Crippen molar-refractivity contribution in [1.29, 1.82) is 0 Å². The molecular formula is C17H27N3. The molecule has 0 aromatic heterocycles. The lowest BCUT2D eigenvalue weighted by Gasteiger charge is -2.34. The number of nitrogens with one attached hydrogen (secondary N) is 1. The zero-order chi connectivity index (χ0) is 13.8. The lowest BCUT2D eigenvalue weighted by Crippen LogP contribution is -2.45. The fourth-order valence-electron chi connectivity index (χ4n) is 2.83. The molecule has 0 unspecified atom stereocenters. The Morgan fingerprint density at radius 2 is 1.55 bits per heavy atom. The van der Waals surface area contributed by atoms with Crippen molar-refractivity contribution in [2.45, 2.75) is 38.9 Å². The second-order valence-corrected chi connectivity index (χ2v) is 6.18. The van der Waals surface area contributed by atoms with Crippen LogP contribution in [0.4, 0.5) is 0 Å². The van der Waals surface area contributed by atoms with Crippen LogP contribution in [0.25, 0.3) is 0 Å². The van der Waals surface area contributed by atoms with Crippen LogP contribution in [0.5, 0.6) is 0 Å². The molecule has 0 amide bonds. The average molecular weight is 273 g/mol. The van der Waals surface area contributed by atoms with Crippen molar-refractivity contribution >= 4 is 0 Å². The fraction of sp³-hybridized carbons (Fsp3) is 0.647. The van der Waals surface area contributed by atoms with Gasteiger partial charge in [0.05, 0.1) is 0 Å². The first-order chi connectivity index (χ1) is 9.83. The lowest BCUT2D eigenvalue weighted by molar-refractivity contribution is 0.132. The van der Waals surface area contributed by atoms with Gasteiger partial charge < -0.3 is 10.2 Å². The Labute approximate surface area is 123 Å². The number of hydrogen-bond donors (Lipinski definition) is 1. The van der Waals surface area contributed by atoms with Gasteiger partial charge in [0.2, 0.25) is 0 Å². The van der Waals surface area contributed by atoms with E-state index in [0.29, 0.717) is 0 Å². The molecule has 0 spiro atoms. The van der Waals surface area contributed by atoms with E-state index in [-0.39, 0.29) is 0 Å². The molecule has 0 atom stereocenters. The van der Waals surface area contributed by atoms with Crippen LogP contribution in [0.3, 0.4) is 0 Å². The molecule has 1 saturated heterocycles. The Morgan fingerprint density at radius 1 is 0.950 bits per heavy atom. The number of rotatable bonds is 6. The van der Waals surface area contributed by atoms with Gasteiger partial charge in [-0.2, -0.15) is 0 Å². The minimum absolute atomic E-state index is 0.796. The summed E-state index contributed by atoms with van der Waals surface area (Å²) in [4.78, 5) is 5.10. The SMILES string of the molecule is CCN1CCN(Cc2ccc(CNC3CC3)cc2)CC1. The zero-order valence-corrected chi connectivity index (χ0v) is 12.6. The molecule has 0 bridgehead atoms. The minimum atomic E-state index is 0.796. The van der Waals surface area contributed by atoms with Crippen LogP contribution in [0.2, 0.25) is 0 Å². The largest absolute Gasteiger partial charge is 0.310 e. The Bertz CT molecular complexity index is 403. The molecule has 3 heteroatoms. The molecule has 1 aliphatic heterocycles. The highest BCUT2D eigenvalue weighted by atomic mass is 15.3. The molecular weight excluding hydrogens is 246 g/mol. The van der Waals surface area contributed by atoms with E-state index in [1.807, 2.05) is 0 Å². The first-order valence-electron chi connectivity index (χ1n) is 8.09. The normalized spacial score (nSPS) is 21.2. The highest BCUT2D eigenvalue weighted by Crippen LogP contribution is 2.19. The second-order valence-electron chi connectivity index (χ2n) is 6.18. The van der Waals surface area contributed by atoms with E-state index in [1.54, 1.807) is 0 Å². The maximum absolute atomic E-state index is 3.57. The van der Waals surface area contributed by atoms with Gasteiger partial charge in [0.25, 0.3) is 0 Å².